The molecule has 1 N–H and O–H groups in total. The van der Waals surface area contributed by atoms with Crippen molar-refractivity contribution in [1.82, 2.24) is 5.32 Å². The molecule has 0 aromatic heterocycles. The lowest BCUT2D eigenvalue weighted by Gasteiger charge is -2.29. The Labute approximate surface area is 186 Å². The average Bonchev–Trinajstić information content (AvgIpc) is 2.68. The Morgan fingerprint density at radius 3 is 2.03 bits per heavy atom. The van der Waals surface area contributed by atoms with Gasteiger partial charge in [0.15, 0.2) is 0 Å². The molecule has 0 spiro atoms. The second-order valence-electron chi connectivity index (χ2n) is 8.76. The highest BCUT2D eigenvalue weighted by Gasteiger charge is 2.30. The van der Waals surface area contributed by atoms with Crippen molar-refractivity contribution in [3.8, 4) is 5.75 Å². The van der Waals surface area contributed by atoms with Crippen LogP contribution in [0.5, 0.6) is 5.75 Å². The molecule has 170 valence electrons. The van der Waals surface area contributed by atoms with E-state index in [1.165, 1.54) is 5.56 Å². The third-order valence-corrected chi connectivity index (χ3v) is 6.37. The van der Waals surface area contributed by atoms with E-state index in [-0.39, 0.29) is 17.4 Å². The summed E-state index contributed by atoms with van der Waals surface area (Å²) in [5.74, 6) is 0.274. The number of ether oxygens (including phenoxy) is 1. The van der Waals surface area contributed by atoms with E-state index >= 15 is 0 Å². The van der Waals surface area contributed by atoms with Crippen LogP contribution in [-0.4, -0.2) is 33.2 Å². The highest BCUT2D eigenvalue weighted by molar-refractivity contribution is 7.92. The van der Waals surface area contributed by atoms with Gasteiger partial charge in [-0.25, -0.2) is 8.42 Å². The van der Waals surface area contributed by atoms with Crippen molar-refractivity contribution in [3.05, 3.63) is 59.7 Å². The van der Waals surface area contributed by atoms with Crippen LogP contribution in [0.15, 0.2) is 48.5 Å². The van der Waals surface area contributed by atoms with Gasteiger partial charge in [-0.3, -0.25) is 9.10 Å². The van der Waals surface area contributed by atoms with Crippen molar-refractivity contribution >= 4 is 21.6 Å². The fourth-order valence-corrected chi connectivity index (χ4v) is 4.53. The van der Waals surface area contributed by atoms with E-state index in [1.54, 1.807) is 31.2 Å². The normalized spacial score (nSPS) is 13.9. The minimum Gasteiger partial charge on any atom is -0.494 e. The summed E-state index contributed by atoms with van der Waals surface area (Å²) in [4.78, 5) is 12.9. The minimum absolute atomic E-state index is 0.0488. The highest BCUT2D eigenvalue weighted by Crippen LogP contribution is 2.26. The summed E-state index contributed by atoms with van der Waals surface area (Å²) in [6, 6.07) is 13.6. The molecule has 2 aromatic rings. The maximum atomic E-state index is 12.9. The second kappa shape index (κ2) is 9.73. The van der Waals surface area contributed by atoms with Gasteiger partial charge in [0.25, 0.3) is 0 Å². The third kappa shape index (κ3) is 6.47. The maximum Gasteiger partial charge on any atom is 0.244 e. The zero-order valence-corrected chi connectivity index (χ0v) is 20.3. The molecule has 0 aliphatic heterocycles. The number of carbonyl (C=O) groups is 1. The predicted molar refractivity (Wildman–Crippen MR) is 126 cm³/mol. The second-order valence-corrected chi connectivity index (χ2v) is 10.6. The summed E-state index contributed by atoms with van der Waals surface area (Å²) in [6.45, 7) is 12.3. The number of benzene rings is 2. The quantitative estimate of drug-likeness (QED) is 0.651. The van der Waals surface area contributed by atoms with Crippen LogP contribution in [0.4, 0.5) is 5.69 Å². The number of sulfonamides is 1. The van der Waals surface area contributed by atoms with E-state index in [1.807, 2.05) is 26.0 Å². The first-order valence-corrected chi connectivity index (χ1v) is 12.3. The van der Waals surface area contributed by atoms with Crippen LogP contribution in [0.25, 0.3) is 0 Å². The average molecular weight is 447 g/mol. The van der Waals surface area contributed by atoms with Crippen LogP contribution in [0.2, 0.25) is 0 Å². The van der Waals surface area contributed by atoms with E-state index in [4.69, 9.17) is 4.74 Å². The van der Waals surface area contributed by atoms with E-state index in [2.05, 4.69) is 38.2 Å². The molecule has 2 atom stereocenters. The summed E-state index contributed by atoms with van der Waals surface area (Å²) in [7, 11) is -3.68. The summed E-state index contributed by atoms with van der Waals surface area (Å²) in [5.41, 5.74) is 2.63. The van der Waals surface area contributed by atoms with Crippen LogP contribution >= 0.6 is 0 Å². The molecule has 0 heterocycles. The molecular weight excluding hydrogens is 412 g/mol. The molecule has 0 saturated heterocycles. The number of carbonyl (C=O) groups excluding carboxylic acids is 1. The number of rotatable bonds is 8. The predicted octanol–water partition coefficient (Wildman–Crippen LogP) is 4.41. The molecule has 0 fully saturated rings. The summed E-state index contributed by atoms with van der Waals surface area (Å²) >= 11 is 0. The molecule has 2 aromatic carbocycles. The van der Waals surface area contributed by atoms with Gasteiger partial charge in [-0.1, -0.05) is 45.0 Å². The standard InChI is InChI=1S/C24H34N2O4S/c1-8-30-22-15-13-21(14-16-22)26(31(7,28)29)18(3)23(27)25-17(2)19-9-11-20(12-10-19)24(4,5)6/h9-18H,8H2,1-7H3,(H,25,27)/t17-,18+/m0/s1. The number of nitrogens with one attached hydrogen (secondary N) is 1. The number of amides is 1. The molecule has 6 nitrogen and oxygen atoms in total. The molecule has 0 aliphatic carbocycles. The van der Waals surface area contributed by atoms with Crippen molar-refractivity contribution in [2.24, 2.45) is 0 Å². The fraction of sp³-hybridized carbons (Fsp3) is 0.458. The first-order valence-electron chi connectivity index (χ1n) is 10.5. The number of anilines is 1. The Hall–Kier alpha value is -2.54. The van der Waals surface area contributed by atoms with E-state index < -0.39 is 16.1 Å². The lowest BCUT2D eigenvalue weighted by molar-refractivity contribution is -0.122. The molecular formula is C24H34N2O4S. The van der Waals surface area contributed by atoms with Gasteiger partial charge in [-0.05, 0) is 61.6 Å². The molecule has 2 rings (SSSR count). The van der Waals surface area contributed by atoms with Crippen LogP contribution in [0, 0.1) is 0 Å². The topological polar surface area (TPSA) is 75.7 Å². The Kier molecular flexibility index (Phi) is 7.76. The zero-order valence-electron chi connectivity index (χ0n) is 19.5. The van der Waals surface area contributed by atoms with Crippen LogP contribution in [-0.2, 0) is 20.2 Å². The van der Waals surface area contributed by atoms with Crippen LogP contribution in [0.3, 0.4) is 0 Å². The molecule has 0 bridgehead atoms. The number of hydrogen-bond donors (Lipinski definition) is 1. The summed E-state index contributed by atoms with van der Waals surface area (Å²) in [5, 5.41) is 2.94. The van der Waals surface area contributed by atoms with Gasteiger partial charge in [-0.2, -0.15) is 0 Å². The van der Waals surface area contributed by atoms with Crippen molar-refractivity contribution in [3.63, 3.8) is 0 Å². The molecule has 1 amide bonds. The van der Waals surface area contributed by atoms with Crippen molar-refractivity contribution in [2.75, 3.05) is 17.2 Å². The molecule has 0 radical (unpaired) electrons. The Balaban J connectivity index is 2.19. The largest absolute Gasteiger partial charge is 0.494 e. The van der Waals surface area contributed by atoms with Gasteiger partial charge in [-0.15, -0.1) is 0 Å². The van der Waals surface area contributed by atoms with Gasteiger partial charge in [0.05, 0.1) is 24.6 Å². The first kappa shape index (κ1) is 24.7. The molecule has 0 saturated carbocycles. The van der Waals surface area contributed by atoms with Crippen molar-refractivity contribution in [2.45, 2.75) is 59.0 Å². The van der Waals surface area contributed by atoms with E-state index in [9.17, 15) is 13.2 Å². The SMILES string of the molecule is CCOc1ccc(N([C@H](C)C(=O)N[C@@H](C)c2ccc(C(C)(C)C)cc2)S(C)(=O)=O)cc1. The van der Waals surface area contributed by atoms with Crippen LogP contribution in [0.1, 0.15) is 58.7 Å². The lowest BCUT2D eigenvalue weighted by Crippen LogP contribution is -2.48. The Morgan fingerprint density at radius 2 is 1.58 bits per heavy atom. The van der Waals surface area contributed by atoms with Gasteiger partial charge >= 0.3 is 0 Å². The fourth-order valence-electron chi connectivity index (χ4n) is 3.35. The minimum atomic E-state index is -3.68. The maximum absolute atomic E-state index is 12.9. The number of nitrogens with zero attached hydrogens (tertiary/aromatic N) is 1. The lowest BCUT2D eigenvalue weighted by atomic mass is 9.86. The van der Waals surface area contributed by atoms with Gasteiger partial charge < -0.3 is 10.1 Å². The monoisotopic (exact) mass is 446 g/mol. The first-order chi connectivity index (χ1) is 14.3. The smallest absolute Gasteiger partial charge is 0.244 e. The molecule has 31 heavy (non-hydrogen) atoms. The van der Waals surface area contributed by atoms with Crippen molar-refractivity contribution < 1.29 is 17.9 Å². The van der Waals surface area contributed by atoms with E-state index in [0.717, 1.165) is 16.1 Å². The van der Waals surface area contributed by atoms with Crippen molar-refractivity contribution in [1.29, 1.82) is 0 Å². The van der Waals surface area contributed by atoms with Crippen LogP contribution < -0.4 is 14.4 Å². The Morgan fingerprint density at radius 1 is 1.03 bits per heavy atom. The highest BCUT2D eigenvalue weighted by atomic mass is 32.2. The molecule has 7 heteroatoms. The summed E-state index contributed by atoms with van der Waals surface area (Å²) < 4.78 is 31.5. The molecule has 0 unspecified atom stereocenters. The Bertz CT molecular complexity index is 978. The van der Waals surface area contributed by atoms with Gasteiger partial charge in [0, 0.05) is 0 Å². The third-order valence-electron chi connectivity index (χ3n) is 5.13. The number of hydrogen-bond acceptors (Lipinski definition) is 4. The summed E-state index contributed by atoms with van der Waals surface area (Å²) in [6.07, 6.45) is 1.10. The van der Waals surface area contributed by atoms with E-state index in [0.29, 0.717) is 18.0 Å². The van der Waals surface area contributed by atoms with Gasteiger partial charge in [0.2, 0.25) is 15.9 Å². The molecule has 0 aliphatic rings. The van der Waals surface area contributed by atoms with Gasteiger partial charge in [0.1, 0.15) is 11.8 Å². The zero-order chi connectivity index (χ0) is 23.4.